The minimum absolute atomic E-state index is 0. The molecular formula is C45H63B3BrKN2O8S. The van der Waals surface area contributed by atoms with E-state index in [-0.39, 0.29) is 92.1 Å². The van der Waals surface area contributed by atoms with Gasteiger partial charge in [-0.05, 0) is 156 Å². The summed E-state index contributed by atoms with van der Waals surface area (Å²) < 4.78 is 37.1. The van der Waals surface area contributed by atoms with Crippen molar-refractivity contribution in [2.24, 2.45) is 0 Å². The Morgan fingerprint density at radius 3 is 1.15 bits per heavy atom. The van der Waals surface area contributed by atoms with Gasteiger partial charge < -0.3 is 48.5 Å². The maximum Gasteiger partial charge on any atom is 1.00 e. The van der Waals surface area contributed by atoms with Gasteiger partial charge in [-0.2, -0.15) is 12.6 Å². The normalized spacial score (nSPS) is 19.1. The summed E-state index contributed by atoms with van der Waals surface area (Å²) in [7, 11) is -1.28. The molecule has 0 atom stereocenters. The summed E-state index contributed by atoms with van der Waals surface area (Å²) in [6.45, 7) is 25.5. The van der Waals surface area contributed by atoms with E-state index in [1.165, 1.54) is 0 Å². The first-order chi connectivity index (χ1) is 27.8. The Balaban J connectivity index is 0.000000299. The van der Waals surface area contributed by atoms with Gasteiger partial charge in [0.25, 0.3) is 0 Å². The first-order valence-corrected chi connectivity index (χ1v) is 21.7. The molecule has 3 aliphatic heterocycles. The molecule has 4 aromatic carbocycles. The predicted octanol–water partition coefficient (Wildman–Crippen LogP) is 6.48. The summed E-state index contributed by atoms with van der Waals surface area (Å²) in [5.74, 6) is -1.08. The molecule has 10 nitrogen and oxygen atoms in total. The van der Waals surface area contributed by atoms with Gasteiger partial charge in [-0.1, -0.05) is 70.5 Å². The van der Waals surface area contributed by atoms with E-state index in [2.05, 4.69) is 73.0 Å². The average Bonchev–Trinajstić information content (AvgIpc) is 3.63. The third-order valence-corrected chi connectivity index (χ3v) is 11.6. The SMILES string of the molecule is Brc1cccc(Nc2ccccc2)c1.CC(=O)[O-].CC1(C)OB(B2OC(C)(C)C(C)(C)O2)OC1(C)C.CC1(C)OB(c2cccc(Nc3ccccc3)c2)OC1(C)C.CS.[K+]. The second-order valence-corrected chi connectivity index (χ2v) is 18.4. The number of carboxylic acids is 1. The number of para-hydroxylation sites is 2. The minimum Gasteiger partial charge on any atom is -0.550 e. The molecular weight excluding hydrogens is 880 g/mol. The van der Waals surface area contributed by atoms with Gasteiger partial charge in [-0.25, -0.2) is 0 Å². The summed E-state index contributed by atoms with van der Waals surface area (Å²) in [6.07, 6.45) is 1.69. The summed E-state index contributed by atoms with van der Waals surface area (Å²) in [5.41, 5.74) is 3.23. The van der Waals surface area contributed by atoms with Crippen LogP contribution < -0.4 is 72.6 Å². The molecule has 3 heterocycles. The molecule has 2 N–H and O–H groups in total. The standard InChI is InChI=1S/C18H22BNO2.C12H24B2O4.C12H10BrN.C2H4O2.CH4S.K/c1-17(2)18(3,4)22-19(21-17)14-9-8-12-16(13-14)20-15-10-6-5-7-11-15;1-9(2)10(3,4)16-13(15-9)14-17-11(5,6)12(7,8)18-14;13-10-5-4-8-12(9-10)14-11-6-2-1-3-7-11;1-2(3)4;1-2;/h5-13,20H,1-4H3;1-8H3;1-9,14H;1H3,(H,3,4);2H,1H3;/q;;;;;+1/p-1. The number of hydrogen-bond donors (Lipinski definition) is 3. The zero-order valence-electron chi connectivity index (χ0n) is 38.7. The van der Waals surface area contributed by atoms with E-state index in [4.69, 9.17) is 37.8 Å². The molecule has 0 spiro atoms. The fraction of sp³-hybridized carbons (Fsp3) is 0.444. The third-order valence-electron chi connectivity index (χ3n) is 11.1. The fourth-order valence-electron chi connectivity index (χ4n) is 5.68. The number of carboxylic acid groups (broad SMARTS) is 1. The minimum atomic E-state index is -1.08. The molecule has 0 aromatic heterocycles. The van der Waals surface area contributed by atoms with Crippen molar-refractivity contribution in [2.75, 3.05) is 16.9 Å². The van der Waals surface area contributed by atoms with E-state index in [1.54, 1.807) is 6.26 Å². The van der Waals surface area contributed by atoms with Gasteiger partial charge in [-0.15, -0.1) is 0 Å². The van der Waals surface area contributed by atoms with Crippen LogP contribution in [0, 0.1) is 0 Å². The number of carbonyl (C=O) groups excluding carboxylic acids is 1. The Kier molecular flexibility index (Phi) is 21.4. The number of rotatable bonds is 6. The van der Waals surface area contributed by atoms with Crippen LogP contribution in [0.1, 0.15) is 90.0 Å². The van der Waals surface area contributed by atoms with Crippen molar-refractivity contribution in [1.82, 2.24) is 0 Å². The van der Waals surface area contributed by atoms with Gasteiger partial charge >= 0.3 is 72.5 Å². The molecule has 3 fully saturated rings. The van der Waals surface area contributed by atoms with E-state index < -0.39 is 20.0 Å². The second kappa shape index (κ2) is 23.5. The van der Waals surface area contributed by atoms with E-state index >= 15 is 0 Å². The maximum atomic E-state index is 8.89. The summed E-state index contributed by atoms with van der Waals surface area (Å²) in [5, 5.41) is 15.6. The van der Waals surface area contributed by atoms with Crippen LogP contribution in [0.25, 0.3) is 0 Å². The molecule has 7 rings (SSSR count). The molecule has 0 amide bonds. The molecule has 324 valence electrons. The molecule has 3 aliphatic rings. The number of anilines is 4. The predicted molar refractivity (Wildman–Crippen MR) is 254 cm³/mol. The van der Waals surface area contributed by atoms with Crippen molar-refractivity contribution in [2.45, 2.75) is 124 Å². The van der Waals surface area contributed by atoms with Crippen LogP contribution in [0.4, 0.5) is 22.7 Å². The fourth-order valence-corrected chi connectivity index (χ4v) is 6.08. The largest absolute Gasteiger partial charge is 1.00 e. The molecule has 4 aromatic rings. The maximum absolute atomic E-state index is 8.89. The number of nitrogens with one attached hydrogen (secondary N) is 2. The summed E-state index contributed by atoms with van der Waals surface area (Å²) in [6, 6.07) is 36.5. The smallest absolute Gasteiger partial charge is 0.550 e. The summed E-state index contributed by atoms with van der Waals surface area (Å²) in [4.78, 5) is 8.89. The van der Waals surface area contributed by atoms with Crippen LogP contribution in [0.15, 0.2) is 114 Å². The molecule has 61 heavy (non-hydrogen) atoms. The van der Waals surface area contributed by atoms with Gasteiger partial charge in [0, 0.05) is 33.2 Å². The van der Waals surface area contributed by atoms with Crippen molar-refractivity contribution < 1.29 is 89.2 Å². The Labute approximate surface area is 423 Å². The van der Waals surface area contributed by atoms with Crippen LogP contribution in [0.2, 0.25) is 0 Å². The van der Waals surface area contributed by atoms with Crippen LogP contribution in [-0.2, 0) is 32.7 Å². The Bertz CT molecular complexity index is 1880. The summed E-state index contributed by atoms with van der Waals surface area (Å²) >= 11 is 6.96. The first kappa shape index (κ1) is 55.5. The average molecular weight is 944 g/mol. The number of halogens is 1. The number of thiol groups is 1. The molecule has 16 heteroatoms. The van der Waals surface area contributed by atoms with E-state index in [0.717, 1.165) is 39.6 Å². The van der Waals surface area contributed by atoms with Crippen LogP contribution in [-0.4, -0.2) is 67.0 Å². The zero-order chi connectivity index (χ0) is 45.2. The van der Waals surface area contributed by atoms with Gasteiger partial charge in [0.05, 0.1) is 33.6 Å². The monoisotopic (exact) mass is 942 g/mol. The zero-order valence-corrected chi connectivity index (χ0v) is 44.3. The van der Waals surface area contributed by atoms with Gasteiger partial charge in [0.2, 0.25) is 0 Å². The Hall–Kier alpha value is -1.63. The topological polar surface area (TPSA) is 120 Å². The molecule has 0 radical (unpaired) electrons. The van der Waals surface area contributed by atoms with Crippen LogP contribution in [0.3, 0.4) is 0 Å². The van der Waals surface area contributed by atoms with Crippen molar-refractivity contribution in [3.8, 4) is 0 Å². The molecule has 0 unspecified atom stereocenters. The van der Waals surface area contributed by atoms with Crippen molar-refractivity contribution in [3.63, 3.8) is 0 Å². The van der Waals surface area contributed by atoms with E-state index in [9.17, 15) is 0 Å². The van der Waals surface area contributed by atoms with E-state index in [1.807, 2.05) is 159 Å². The number of aliphatic carboxylic acids is 1. The number of benzene rings is 4. The van der Waals surface area contributed by atoms with Crippen LogP contribution in [0.5, 0.6) is 0 Å². The first-order valence-electron chi connectivity index (χ1n) is 20.0. The second-order valence-electron chi connectivity index (χ2n) is 17.4. The Morgan fingerprint density at radius 1 is 0.508 bits per heavy atom. The van der Waals surface area contributed by atoms with E-state index in [0.29, 0.717) is 0 Å². The molecule has 0 bridgehead atoms. The van der Waals surface area contributed by atoms with Gasteiger partial charge in [-0.3, -0.25) is 0 Å². The number of hydrogen-bond acceptors (Lipinski definition) is 11. The van der Waals surface area contributed by atoms with Crippen molar-refractivity contribution in [3.05, 3.63) is 114 Å². The van der Waals surface area contributed by atoms with Crippen molar-refractivity contribution in [1.29, 1.82) is 0 Å². The molecule has 3 saturated heterocycles. The Morgan fingerprint density at radius 2 is 0.803 bits per heavy atom. The van der Waals surface area contributed by atoms with Crippen molar-refractivity contribution >= 4 is 83.9 Å². The van der Waals surface area contributed by atoms with Gasteiger partial charge in [0.1, 0.15) is 0 Å². The quantitative estimate of drug-likeness (QED) is 0.147. The molecule has 0 aliphatic carbocycles. The van der Waals surface area contributed by atoms with Crippen LogP contribution >= 0.6 is 28.6 Å². The molecule has 0 saturated carbocycles. The third kappa shape index (κ3) is 16.1. The van der Waals surface area contributed by atoms with Gasteiger partial charge in [0.15, 0.2) is 0 Å². The number of carbonyl (C=O) groups is 1.